The number of amides is 1. The summed E-state index contributed by atoms with van der Waals surface area (Å²) in [6.45, 7) is 0. The summed E-state index contributed by atoms with van der Waals surface area (Å²) in [7, 11) is 1.79. The van der Waals surface area contributed by atoms with Crippen molar-refractivity contribution in [3.05, 3.63) is 56.6 Å². The number of benzene rings is 2. The molecule has 98 valence electrons. The van der Waals surface area contributed by atoms with E-state index in [1.165, 1.54) is 0 Å². The van der Waals surface area contributed by atoms with Gasteiger partial charge in [-0.15, -0.1) is 0 Å². The maximum atomic E-state index is 12.2. The van der Waals surface area contributed by atoms with Gasteiger partial charge in [-0.05, 0) is 52.9 Å². The van der Waals surface area contributed by atoms with Crippen molar-refractivity contribution in [1.82, 2.24) is 0 Å². The standard InChI is InChI=1S/C14H12ClIN2O/c1-17-12-5-3-2-4-10(12)14(19)18-13-7-6-9(15)8-11(13)16/h2-8,17H,1H3,(H,18,19). The summed E-state index contributed by atoms with van der Waals surface area (Å²) in [4.78, 5) is 12.2. The smallest absolute Gasteiger partial charge is 0.257 e. The maximum absolute atomic E-state index is 12.2. The molecule has 0 saturated heterocycles. The van der Waals surface area contributed by atoms with Crippen molar-refractivity contribution >= 4 is 51.5 Å². The molecule has 5 heteroatoms. The van der Waals surface area contributed by atoms with Gasteiger partial charge in [0, 0.05) is 21.3 Å². The summed E-state index contributed by atoms with van der Waals surface area (Å²) >= 11 is 8.03. The van der Waals surface area contributed by atoms with Gasteiger partial charge in [0.2, 0.25) is 0 Å². The van der Waals surface area contributed by atoms with E-state index < -0.39 is 0 Å². The predicted octanol–water partition coefficient (Wildman–Crippen LogP) is 4.24. The molecule has 2 rings (SSSR count). The van der Waals surface area contributed by atoms with E-state index in [0.29, 0.717) is 10.6 Å². The third kappa shape index (κ3) is 3.39. The van der Waals surface area contributed by atoms with Crippen molar-refractivity contribution in [3.8, 4) is 0 Å². The topological polar surface area (TPSA) is 41.1 Å². The highest BCUT2D eigenvalue weighted by atomic mass is 127. The Morgan fingerprint density at radius 3 is 2.58 bits per heavy atom. The van der Waals surface area contributed by atoms with Crippen LogP contribution in [-0.2, 0) is 0 Å². The molecule has 0 aliphatic rings. The lowest BCUT2D eigenvalue weighted by Gasteiger charge is -2.11. The minimum atomic E-state index is -0.148. The van der Waals surface area contributed by atoms with E-state index in [4.69, 9.17) is 11.6 Å². The number of rotatable bonds is 3. The molecular weight excluding hydrogens is 375 g/mol. The Bertz CT molecular complexity index is 616. The Labute approximate surface area is 130 Å². The van der Waals surface area contributed by atoms with Crippen molar-refractivity contribution in [1.29, 1.82) is 0 Å². The van der Waals surface area contributed by atoms with Crippen LogP contribution in [0.5, 0.6) is 0 Å². The monoisotopic (exact) mass is 386 g/mol. The van der Waals surface area contributed by atoms with Crippen molar-refractivity contribution in [2.45, 2.75) is 0 Å². The van der Waals surface area contributed by atoms with E-state index in [1.807, 2.05) is 24.3 Å². The van der Waals surface area contributed by atoms with Crippen LogP contribution in [0.1, 0.15) is 10.4 Å². The van der Waals surface area contributed by atoms with Gasteiger partial charge in [-0.25, -0.2) is 0 Å². The predicted molar refractivity (Wildman–Crippen MR) is 88.1 cm³/mol. The fourth-order valence-electron chi connectivity index (χ4n) is 1.68. The first-order valence-electron chi connectivity index (χ1n) is 5.65. The Balaban J connectivity index is 2.26. The molecule has 0 saturated carbocycles. The Morgan fingerprint density at radius 2 is 1.89 bits per heavy atom. The van der Waals surface area contributed by atoms with Crippen LogP contribution < -0.4 is 10.6 Å². The maximum Gasteiger partial charge on any atom is 0.257 e. The SMILES string of the molecule is CNc1ccccc1C(=O)Nc1ccc(Cl)cc1I. The van der Waals surface area contributed by atoms with Crippen LogP contribution in [0.25, 0.3) is 0 Å². The highest BCUT2D eigenvalue weighted by molar-refractivity contribution is 14.1. The lowest BCUT2D eigenvalue weighted by molar-refractivity contribution is 0.102. The molecule has 0 spiro atoms. The molecule has 3 nitrogen and oxygen atoms in total. The zero-order valence-electron chi connectivity index (χ0n) is 10.2. The molecular formula is C14H12ClIN2O. The lowest BCUT2D eigenvalue weighted by atomic mass is 10.1. The number of carbonyl (C=O) groups excluding carboxylic acids is 1. The fourth-order valence-corrected chi connectivity index (χ4v) is 2.69. The average molecular weight is 387 g/mol. The van der Waals surface area contributed by atoms with Crippen LogP contribution in [0.2, 0.25) is 5.02 Å². The van der Waals surface area contributed by atoms with Crippen LogP contribution in [0.3, 0.4) is 0 Å². The summed E-state index contributed by atoms with van der Waals surface area (Å²) in [5, 5.41) is 6.54. The van der Waals surface area contributed by atoms with E-state index >= 15 is 0 Å². The number of hydrogen-bond acceptors (Lipinski definition) is 2. The van der Waals surface area contributed by atoms with Gasteiger partial charge in [-0.2, -0.15) is 0 Å². The second kappa shape index (κ2) is 6.25. The summed E-state index contributed by atoms with van der Waals surface area (Å²) in [6.07, 6.45) is 0. The van der Waals surface area contributed by atoms with Gasteiger partial charge < -0.3 is 10.6 Å². The number of halogens is 2. The van der Waals surface area contributed by atoms with Crippen LogP contribution in [0.15, 0.2) is 42.5 Å². The van der Waals surface area contributed by atoms with Gasteiger partial charge >= 0.3 is 0 Å². The van der Waals surface area contributed by atoms with Crippen LogP contribution >= 0.6 is 34.2 Å². The molecule has 0 unspecified atom stereocenters. The molecule has 2 aromatic rings. The van der Waals surface area contributed by atoms with Crippen LogP contribution in [0.4, 0.5) is 11.4 Å². The highest BCUT2D eigenvalue weighted by Gasteiger charge is 2.11. The number of nitrogens with one attached hydrogen (secondary N) is 2. The molecule has 0 bridgehead atoms. The summed E-state index contributed by atoms with van der Waals surface area (Å²) in [5.41, 5.74) is 2.15. The summed E-state index contributed by atoms with van der Waals surface area (Å²) in [6, 6.07) is 12.7. The summed E-state index contributed by atoms with van der Waals surface area (Å²) in [5.74, 6) is -0.148. The molecule has 0 aliphatic heterocycles. The third-order valence-electron chi connectivity index (χ3n) is 2.62. The molecule has 0 fully saturated rings. The van der Waals surface area contributed by atoms with E-state index in [2.05, 4.69) is 33.2 Å². The minimum Gasteiger partial charge on any atom is -0.387 e. The van der Waals surface area contributed by atoms with Crippen molar-refractivity contribution in [2.24, 2.45) is 0 Å². The van der Waals surface area contributed by atoms with Gasteiger partial charge in [0.15, 0.2) is 0 Å². The number of anilines is 2. The molecule has 0 atom stereocenters. The average Bonchev–Trinajstić information content (AvgIpc) is 2.41. The molecule has 0 aromatic heterocycles. The Hall–Kier alpha value is -1.27. The molecule has 0 heterocycles. The van der Waals surface area contributed by atoms with Gasteiger partial charge in [0.25, 0.3) is 5.91 Å². The first-order chi connectivity index (χ1) is 9.11. The van der Waals surface area contributed by atoms with E-state index in [-0.39, 0.29) is 5.91 Å². The van der Waals surface area contributed by atoms with Gasteiger partial charge in [0.05, 0.1) is 11.3 Å². The van der Waals surface area contributed by atoms with Crippen molar-refractivity contribution in [2.75, 3.05) is 17.7 Å². The van der Waals surface area contributed by atoms with Gasteiger partial charge in [-0.3, -0.25) is 4.79 Å². The second-order valence-corrected chi connectivity index (χ2v) is 5.47. The van der Waals surface area contributed by atoms with Crippen molar-refractivity contribution in [3.63, 3.8) is 0 Å². The fraction of sp³-hybridized carbons (Fsp3) is 0.0714. The third-order valence-corrected chi connectivity index (χ3v) is 3.75. The molecule has 0 aliphatic carbocycles. The van der Waals surface area contributed by atoms with E-state index in [0.717, 1.165) is 14.9 Å². The number of hydrogen-bond donors (Lipinski definition) is 2. The summed E-state index contributed by atoms with van der Waals surface area (Å²) < 4.78 is 0.903. The number of carbonyl (C=O) groups is 1. The van der Waals surface area contributed by atoms with Gasteiger partial charge in [0.1, 0.15) is 0 Å². The molecule has 19 heavy (non-hydrogen) atoms. The lowest BCUT2D eigenvalue weighted by Crippen LogP contribution is -2.14. The van der Waals surface area contributed by atoms with Gasteiger partial charge in [-0.1, -0.05) is 23.7 Å². The van der Waals surface area contributed by atoms with Crippen LogP contribution in [-0.4, -0.2) is 13.0 Å². The van der Waals surface area contributed by atoms with E-state index in [9.17, 15) is 4.79 Å². The van der Waals surface area contributed by atoms with Crippen molar-refractivity contribution < 1.29 is 4.79 Å². The largest absolute Gasteiger partial charge is 0.387 e. The van der Waals surface area contributed by atoms with E-state index in [1.54, 1.807) is 25.2 Å². The minimum absolute atomic E-state index is 0.148. The Morgan fingerprint density at radius 1 is 1.16 bits per heavy atom. The quantitative estimate of drug-likeness (QED) is 0.775. The molecule has 0 radical (unpaired) electrons. The second-order valence-electron chi connectivity index (χ2n) is 3.87. The molecule has 1 amide bonds. The first kappa shape index (κ1) is 14.1. The number of para-hydroxylation sites is 1. The first-order valence-corrected chi connectivity index (χ1v) is 7.10. The zero-order valence-corrected chi connectivity index (χ0v) is 13.1. The van der Waals surface area contributed by atoms with Crippen LogP contribution in [0, 0.1) is 3.57 Å². The highest BCUT2D eigenvalue weighted by Crippen LogP contribution is 2.24. The zero-order chi connectivity index (χ0) is 13.8. The normalized spacial score (nSPS) is 10.1. The molecule has 2 aromatic carbocycles. The molecule has 2 N–H and O–H groups in total. The Kier molecular flexibility index (Phi) is 4.66.